The maximum absolute atomic E-state index is 12.3. The molecule has 124 valence electrons. The number of amides is 1. The molecule has 1 aromatic heterocycles. The monoisotopic (exact) mass is 318 g/mol. The maximum atomic E-state index is 12.3. The highest BCUT2D eigenvalue weighted by atomic mass is 19.4. The zero-order chi connectivity index (χ0) is 16.3. The summed E-state index contributed by atoms with van der Waals surface area (Å²) in [4.78, 5) is 20.6. The van der Waals surface area contributed by atoms with Crippen LogP contribution in [0.5, 0.6) is 0 Å². The van der Waals surface area contributed by atoms with Crippen LogP contribution in [-0.2, 0) is 11.3 Å². The number of alkyl halides is 3. The lowest BCUT2D eigenvalue weighted by atomic mass is 9.91. The van der Waals surface area contributed by atoms with Crippen LogP contribution in [0.1, 0.15) is 26.0 Å². The van der Waals surface area contributed by atoms with E-state index in [4.69, 9.17) is 0 Å². The van der Waals surface area contributed by atoms with Crippen LogP contribution in [0.25, 0.3) is 0 Å². The van der Waals surface area contributed by atoms with Crippen molar-refractivity contribution in [1.82, 2.24) is 20.2 Å². The maximum Gasteiger partial charge on any atom is 0.397 e. The van der Waals surface area contributed by atoms with Gasteiger partial charge in [-0.05, 0) is 11.8 Å². The fourth-order valence-electron chi connectivity index (χ4n) is 2.92. The van der Waals surface area contributed by atoms with Crippen molar-refractivity contribution in [1.29, 1.82) is 0 Å². The normalized spacial score (nSPS) is 23.2. The molecule has 2 rings (SSSR count). The lowest BCUT2D eigenvalue weighted by molar-refractivity contribution is -0.154. The van der Waals surface area contributed by atoms with E-state index in [2.05, 4.69) is 20.2 Å². The van der Waals surface area contributed by atoms with Gasteiger partial charge < -0.3 is 10.3 Å². The zero-order valence-corrected chi connectivity index (χ0v) is 12.7. The highest BCUT2D eigenvalue weighted by Gasteiger charge is 2.38. The fourth-order valence-corrected chi connectivity index (χ4v) is 2.92. The first-order valence-corrected chi connectivity index (χ1v) is 7.30. The van der Waals surface area contributed by atoms with Gasteiger partial charge in [-0.15, -0.1) is 0 Å². The Labute approximate surface area is 127 Å². The van der Waals surface area contributed by atoms with Crippen molar-refractivity contribution in [2.45, 2.75) is 39.0 Å². The predicted molar refractivity (Wildman–Crippen MR) is 74.8 cm³/mol. The van der Waals surface area contributed by atoms with E-state index in [9.17, 15) is 18.0 Å². The van der Waals surface area contributed by atoms with Crippen LogP contribution in [0.2, 0.25) is 0 Å². The van der Waals surface area contributed by atoms with Gasteiger partial charge in [0.25, 0.3) is 0 Å². The molecule has 1 aromatic rings. The molecule has 2 N–H and O–H groups in total. The van der Waals surface area contributed by atoms with E-state index in [1.54, 1.807) is 12.5 Å². The van der Waals surface area contributed by atoms with Gasteiger partial charge in [0.15, 0.2) is 0 Å². The lowest BCUT2D eigenvalue weighted by Gasteiger charge is -2.23. The SMILES string of the molecule is CC(C)[C@H]1CN(Cc2cnc[nH]2)C[C@@H]1NC(=O)CC(F)(F)F. The molecule has 1 amide bonds. The number of imidazole rings is 1. The number of aromatic amines is 1. The van der Waals surface area contributed by atoms with Crippen molar-refractivity contribution in [2.24, 2.45) is 11.8 Å². The Morgan fingerprint density at radius 3 is 2.77 bits per heavy atom. The number of carbonyl (C=O) groups is 1. The number of likely N-dealkylation sites (tertiary alicyclic amines) is 1. The van der Waals surface area contributed by atoms with Crippen LogP contribution in [0.4, 0.5) is 13.2 Å². The number of hydrogen-bond acceptors (Lipinski definition) is 3. The van der Waals surface area contributed by atoms with Crippen LogP contribution >= 0.6 is 0 Å². The summed E-state index contributed by atoms with van der Waals surface area (Å²) in [5.41, 5.74) is 0.949. The molecule has 2 atom stereocenters. The van der Waals surface area contributed by atoms with Crippen molar-refractivity contribution >= 4 is 5.91 Å². The second-order valence-corrected chi connectivity index (χ2v) is 6.14. The summed E-state index contributed by atoms with van der Waals surface area (Å²) in [6.45, 7) is 5.98. The first-order chi connectivity index (χ1) is 10.2. The average Bonchev–Trinajstić information content (AvgIpc) is 2.97. The van der Waals surface area contributed by atoms with E-state index >= 15 is 0 Å². The minimum absolute atomic E-state index is 0.139. The molecular weight excluding hydrogens is 297 g/mol. The van der Waals surface area contributed by atoms with Gasteiger partial charge in [0.2, 0.25) is 5.91 Å². The molecule has 8 heteroatoms. The van der Waals surface area contributed by atoms with E-state index in [-0.39, 0.29) is 17.9 Å². The average molecular weight is 318 g/mol. The highest BCUT2D eigenvalue weighted by molar-refractivity contribution is 5.77. The number of rotatable bonds is 5. The predicted octanol–water partition coefficient (Wildman–Crippen LogP) is 1.93. The Morgan fingerprint density at radius 2 is 2.23 bits per heavy atom. The van der Waals surface area contributed by atoms with Crippen molar-refractivity contribution in [3.8, 4) is 0 Å². The highest BCUT2D eigenvalue weighted by Crippen LogP contribution is 2.26. The molecule has 0 aliphatic carbocycles. The molecule has 0 spiro atoms. The third-order valence-corrected chi connectivity index (χ3v) is 3.95. The van der Waals surface area contributed by atoms with Crippen molar-refractivity contribution in [3.05, 3.63) is 18.2 Å². The van der Waals surface area contributed by atoms with E-state index in [0.717, 1.165) is 12.2 Å². The molecule has 0 aromatic carbocycles. The Balaban J connectivity index is 1.95. The minimum Gasteiger partial charge on any atom is -0.351 e. The molecule has 2 heterocycles. The van der Waals surface area contributed by atoms with Crippen LogP contribution < -0.4 is 5.32 Å². The first-order valence-electron chi connectivity index (χ1n) is 7.30. The fraction of sp³-hybridized carbons (Fsp3) is 0.714. The van der Waals surface area contributed by atoms with Crippen molar-refractivity contribution < 1.29 is 18.0 Å². The Kier molecular flexibility index (Phi) is 5.10. The van der Waals surface area contributed by atoms with Gasteiger partial charge in [-0.2, -0.15) is 13.2 Å². The van der Waals surface area contributed by atoms with Gasteiger partial charge >= 0.3 is 6.18 Å². The standard InChI is InChI=1S/C14H21F3N4O/c1-9(2)11-6-21(5-10-4-18-8-19-10)7-12(11)20-13(22)3-14(15,16)17/h4,8-9,11-12H,3,5-7H2,1-2H3,(H,18,19)(H,20,22)/t11-,12+/m1/s1. The van der Waals surface area contributed by atoms with Crippen LogP contribution in [0.3, 0.4) is 0 Å². The van der Waals surface area contributed by atoms with E-state index in [0.29, 0.717) is 13.1 Å². The summed E-state index contributed by atoms with van der Waals surface area (Å²) in [7, 11) is 0. The first kappa shape index (κ1) is 16.8. The molecule has 22 heavy (non-hydrogen) atoms. The van der Waals surface area contributed by atoms with Crippen LogP contribution in [0, 0.1) is 11.8 Å². The summed E-state index contributed by atoms with van der Waals surface area (Å²) in [6.07, 6.45) is -2.58. The third-order valence-electron chi connectivity index (χ3n) is 3.95. The van der Waals surface area contributed by atoms with Gasteiger partial charge in [-0.3, -0.25) is 9.69 Å². The molecule has 0 radical (unpaired) electrons. The summed E-state index contributed by atoms with van der Waals surface area (Å²) in [6, 6.07) is -0.252. The molecule has 1 aliphatic heterocycles. The molecule has 1 fully saturated rings. The number of nitrogens with zero attached hydrogens (tertiary/aromatic N) is 2. The number of carbonyl (C=O) groups excluding carboxylic acids is 1. The third kappa shape index (κ3) is 4.72. The van der Waals surface area contributed by atoms with Crippen molar-refractivity contribution in [3.63, 3.8) is 0 Å². The topological polar surface area (TPSA) is 61.0 Å². The number of nitrogens with one attached hydrogen (secondary N) is 2. The van der Waals surface area contributed by atoms with Crippen molar-refractivity contribution in [2.75, 3.05) is 13.1 Å². The molecule has 1 saturated heterocycles. The van der Waals surface area contributed by atoms with Gasteiger partial charge in [-0.1, -0.05) is 13.8 Å². The molecule has 0 unspecified atom stereocenters. The number of hydrogen-bond donors (Lipinski definition) is 2. The number of aromatic nitrogens is 2. The van der Waals surface area contributed by atoms with Gasteiger partial charge in [0.1, 0.15) is 6.42 Å². The zero-order valence-electron chi connectivity index (χ0n) is 12.7. The molecule has 5 nitrogen and oxygen atoms in total. The summed E-state index contributed by atoms with van der Waals surface area (Å²) >= 11 is 0. The number of halogens is 3. The molecule has 0 saturated carbocycles. The molecular formula is C14H21F3N4O. The second-order valence-electron chi connectivity index (χ2n) is 6.14. The quantitative estimate of drug-likeness (QED) is 0.872. The lowest BCUT2D eigenvalue weighted by Crippen LogP contribution is -2.43. The van der Waals surface area contributed by atoms with E-state index in [1.807, 2.05) is 13.8 Å². The summed E-state index contributed by atoms with van der Waals surface area (Å²) in [5, 5.41) is 2.55. The smallest absolute Gasteiger partial charge is 0.351 e. The Hall–Kier alpha value is -1.57. The number of H-pyrrole nitrogens is 1. The minimum atomic E-state index is -4.47. The molecule has 0 bridgehead atoms. The van der Waals surface area contributed by atoms with Crippen LogP contribution in [-0.4, -0.2) is 46.1 Å². The van der Waals surface area contributed by atoms with E-state index in [1.165, 1.54) is 0 Å². The Bertz CT molecular complexity index is 487. The van der Waals surface area contributed by atoms with Crippen LogP contribution in [0.15, 0.2) is 12.5 Å². The summed E-state index contributed by atoms with van der Waals surface area (Å²) < 4.78 is 36.8. The van der Waals surface area contributed by atoms with Gasteiger partial charge in [0, 0.05) is 37.6 Å². The largest absolute Gasteiger partial charge is 0.397 e. The second kappa shape index (κ2) is 6.68. The summed E-state index contributed by atoms with van der Waals surface area (Å²) in [5.74, 6) is -0.533. The van der Waals surface area contributed by atoms with E-state index < -0.39 is 18.5 Å². The van der Waals surface area contributed by atoms with Gasteiger partial charge in [0.05, 0.1) is 6.33 Å². The Morgan fingerprint density at radius 1 is 1.50 bits per heavy atom. The van der Waals surface area contributed by atoms with Gasteiger partial charge in [-0.25, -0.2) is 4.98 Å². The molecule has 1 aliphatic rings.